The van der Waals surface area contributed by atoms with Gasteiger partial charge in [-0.2, -0.15) is 4.39 Å². The van der Waals surface area contributed by atoms with Crippen molar-refractivity contribution in [3.05, 3.63) is 37.9 Å². The molecule has 0 bridgehead atoms. The normalized spacial score (nSPS) is 10.2. The number of nitro groups is 1. The number of nitrogens with zero attached hydrogens (tertiary/aromatic N) is 2. The van der Waals surface area contributed by atoms with Crippen LogP contribution in [0.1, 0.15) is 24.2 Å². The largest absolute Gasteiger partial charge is 0.369 e. The molecule has 0 unspecified atom stereocenters. The minimum Gasteiger partial charge on any atom is -0.358 e. The summed E-state index contributed by atoms with van der Waals surface area (Å²) in [6.45, 7) is 2.56. The topological polar surface area (TPSA) is 82.2 Å². The first kappa shape index (κ1) is 12.0. The summed E-state index contributed by atoms with van der Waals surface area (Å²) >= 11 is 0. The molecule has 1 heterocycles. The van der Waals surface area contributed by atoms with Crippen molar-refractivity contribution in [1.29, 1.82) is 0 Å². The number of rotatable bonds is 2. The molecule has 16 heavy (non-hydrogen) atoms. The van der Waals surface area contributed by atoms with Gasteiger partial charge in [-0.15, -0.1) is 4.57 Å². The minimum atomic E-state index is -1.18. The number of aryl methyl sites for hydroxylation is 1. The van der Waals surface area contributed by atoms with Crippen LogP contribution in [0.3, 0.4) is 0 Å². The van der Waals surface area contributed by atoms with Crippen LogP contribution in [-0.2, 0) is 6.42 Å². The molecular weight excluding hydrogens is 219 g/mol. The van der Waals surface area contributed by atoms with Gasteiger partial charge < -0.3 is 10.1 Å². The summed E-state index contributed by atoms with van der Waals surface area (Å²) in [4.78, 5) is 32.2. The Morgan fingerprint density at radius 3 is 2.56 bits per heavy atom. The summed E-state index contributed by atoms with van der Waals surface area (Å²) in [6.07, 6.45) is 0.195. The molecule has 0 aliphatic rings. The van der Waals surface area contributed by atoms with E-state index in [0.29, 0.717) is 0 Å². The molecule has 0 saturated carbocycles. The highest BCUT2D eigenvalue weighted by Crippen LogP contribution is 2.15. The molecular formula is C9H9FN2O4. The van der Waals surface area contributed by atoms with Crippen LogP contribution in [0.2, 0.25) is 0 Å². The SMILES string of the molecule is CCc1cc(F)c([N+](=O)[O-])n(C(C)=O)c1=O. The van der Waals surface area contributed by atoms with Crippen molar-refractivity contribution in [2.45, 2.75) is 20.3 Å². The average molecular weight is 228 g/mol. The van der Waals surface area contributed by atoms with Crippen molar-refractivity contribution in [2.75, 3.05) is 0 Å². The van der Waals surface area contributed by atoms with Gasteiger partial charge in [0.1, 0.15) is 0 Å². The first-order valence-corrected chi connectivity index (χ1v) is 4.49. The summed E-state index contributed by atoms with van der Waals surface area (Å²) in [5.74, 6) is -3.18. The second-order valence-electron chi connectivity index (χ2n) is 3.11. The molecule has 0 N–H and O–H groups in total. The molecule has 7 heteroatoms. The highest BCUT2D eigenvalue weighted by atomic mass is 19.1. The quantitative estimate of drug-likeness (QED) is 0.561. The summed E-state index contributed by atoms with van der Waals surface area (Å²) in [5.41, 5.74) is -0.818. The maximum atomic E-state index is 13.3. The Morgan fingerprint density at radius 2 is 2.19 bits per heavy atom. The number of halogens is 1. The van der Waals surface area contributed by atoms with Gasteiger partial charge in [0.05, 0.1) is 0 Å². The lowest BCUT2D eigenvalue weighted by molar-refractivity contribution is -0.394. The van der Waals surface area contributed by atoms with E-state index >= 15 is 0 Å². The first-order chi connectivity index (χ1) is 7.40. The smallest absolute Gasteiger partial charge is 0.358 e. The number of hydrogen-bond acceptors (Lipinski definition) is 4. The van der Waals surface area contributed by atoms with E-state index in [0.717, 1.165) is 13.0 Å². The van der Waals surface area contributed by atoms with Gasteiger partial charge in [0.2, 0.25) is 5.82 Å². The molecule has 0 amide bonds. The number of hydrogen-bond donors (Lipinski definition) is 0. The first-order valence-electron chi connectivity index (χ1n) is 4.49. The molecule has 0 aromatic carbocycles. The minimum absolute atomic E-state index is 0.0262. The lowest BCUT2D eigenvalue weighted by atomic mass is 10.2. The molecule has 1 aromatic heterocycles. The average Bonchev–Trinajstić information content (AvgIpc) is 2.19. The zero-order chi connectivity index (χ0) is 12.5. The summed E-state index contributed by atoms with van der Waals surface area (Å²) in [5, 5.41) is 10.6. The fourth-order valence-corrected chi connectivity index (χ4v) is 1.34. The third-order valence-electron chi connectivity index (χ3n) is 2.07. The van der Waals surface area contributed by atoms with Crippen molar-refractivity contribution >= 4 is 11.7 Å². The Morgan fingerprint density at radius 1 is 1.62 bits per heavy atom. The standard InChI is InChI=1S/C9H9FN2O4/c1-3-6-4-7(10)8(12(15)16)11(5(2)13)9(6)14/h4H,3H2,1-2H3. The maximum Gasteiger partial charge on any atom is 0.369 e. The molecule has 0 radical (unpaired) electrons. The van der Waals surface area contributed by atoms with Crippen molar-refractivity contribution in [3.8, 4) is 0 Å². The van der Waals surface area contributed by atoms with Crippen molar-refractivity contribution < 1.29 is 14.1 Å². The molecule has 0 atom stereocenters. The Bertz CT molecular complexity index is 521. The maximum absolute atomic E-state index is 13.3. The van der Waals surface area contributed by atoms with Gasteiger partial charge in [-0.1, -0.05) is 6.92 Å². The lowest BCUT2D eigenvalue weighted by Crippen LogP contribution is -2.30. The van der Waals surface area contributed by atoms with Crippen molar-refractivity contribution in [3.63, 3.8) is 0 Å². The van der Waals surface area contributed by atoms with E-state index in [-0.39, 0.29) is 16.6 Å². The molecule has 0 fully saturated rings. The van der Waals surface area contributed by atoms with Gasteiger partial charge in [0.25, 0.3) is 0 Å². The second kappa shape index (κ2) is 4.21. The van der Waals surface area contributed by atoms with Crippen LogP contribution < -0.4 is 5.56 Å². The fourth-order valence-electron chi connectivity index (χ4n) is 1.34. The molecule has 6 nitrogen and oxygen atoms in total. The lowest BCUT2D eigenvalue weighted by Gasteiger charge is -2.04. The Labute approximate surface area is 89.5 Å². The third kappa shape index (κ3) is 1.83. The predicted octanol–water partition coefficient (Wildman–Crippen LogP) is 1.12. The Kier molecular flexibility index (Phi) is 3.17. The van der Waals surface area contributed by atoms with Gasteiger partial charge in [0.15, 0.2) is 0 Å². The van der Waals surface area contributed by atoms with Gasteiger partial charge >= 0.3 is 17.3 Å². The number of carbonyl (C=O) groups excluding carboxylic acids is 1. The molecule has 0 spiro atoms. The summed E-state index contributed by atoms with van der Waals surface area (Å²) in [6, 6.07) is 0.792. The van der Waals surface area contributed by atoms with E-state index in [4.69, 9.17) is 0 Å². The van der Waals surface area contributed by atoms with Crippen LogP contribution in [0.5, 0.6) is 0 Å². The Balaban J connectivity index is 3.76. The third-order valence-corrected chi connectivity index (χ3v) is 2.07. The number of aromatic nitrogens is 1. The monoisotopic (exact) mass is 228 g/mol. The van der Waals surface area contributed by atoms with Crippen LogP contribution in [0.4, 0.5) is 10.2 Å². The molecule has 86 valence electrons. The summed E-state index contributed by atoms with van der Waals surface area (Å²) < 4.78 is 13.6. The van der Waals surface area contributed by atoms with E-state index in [1.54, 1.807) is 6.92 Å². The van der Waals surface area contributed by atoms with Gasteiger partial charge in [-0.25, -0.2) is 9.59 Å². The second-order valence-corrected chi connectivity index (χ2v) is 3.11. The highest BCUT2D eigenvalue weighted by Gasteiger charge is 2.26. The van der Waals surface area contributed by atoms with Crippen LogP contribution in [0.25, 0.3) is 0 Å². The van der Waals surface area contributed by atoms with Crippen LogP contribution >= 0.6 is 0 Å². The number of pyridine rings is 1. The predicted molar refractivity (Wildman–Crippen MR) is 53.0 cm³/mol. The molecule has 0 saturated heterocycles. The fraction of sp³-hybridized carbons (Fsp3) is 0.333. The highest BCUT2D eigenvalue weighted by molar-refractivity contribution is 5.78. The molecule has 0 aliphatic carbocycles. The van der Waals surface area contributed by atoms with Crippen molar-refractivity contribution in [1.82, 2.24) is 4.57 Å². The van der Waals surface area contributed by atoms with E-state index in [1.165, 1.54) is 0 Å². The van der Waals surface area contributed by atoms with E-state index < -0.39 is 28.0 Å². The summed E-state index contributed by atoms with van der Waals surface area (Å²) in [7, 11) is 0. The van der Waals surface area contributed by atoms with E-state index in [1.807, 2.05) is 0 Å². The van der Waals surface area contributed by atoms with E-state index in [2.05, 4.69) is 0 Å². The zero-order valence-corrected chi connectivity index (χ0v) is 8.69. The van der Waals surface area contributed by atoms with Crippen LogP contribution in [-0.4, -0.2) is 15.4 Å². The van der Waals surface area contributed by atoms with Crippen LogP contribution in [0.15, 0.2) is 10.9 Å². The molecule has 1 rings (SSSR count). The van der Waals surface area contributed by atoms with Gasteiger partial charge in [-0.05, 0) is 17.4 Å². The zero-order valence-electron chi connectivity index (χ0n) is 8.69. The van der Waals surface area contributed by atoms with E-state index in [9.17, 15) is 24.1 Å². The molecule has 0 aliphatic heterocycles. The number of carbonyl (C=O) groups is 1. The Hall–Kier alpha value is -2.05. The molecule has 1 aromatic rings. The van der Waals surface area contributed by atoms with Crippen LogP contribution in [0, 0.1) is 15.9 Å². The van der Waals surface area contributed by atoms with Gasteiger partial charge in [0, 0.05) is 12.5 Å². The van der Waals surface area contributed by atoms with Crippen molar-refractivity contribution in [2.24, 2.45) is 0 Å². The van der Waals surface area contributed by atoms with Gasteiger partial charge in [-0.3, -0.25) is 0 Å².